The zero-order valence-corrected chi connectivity index (χ0v) is 13.2. The third-order valence-corrected chi connectivity index (χ3v) is 4.45. The van der Waals surface area contributed by atoms with E-state index in [1.54, 1.807) is 18.3 Å². The molecule has 3 rings (SSSR count). The molecule has 2 aromatic heterocycles. The van der Waals surface area contributed by atoms with Crippen LogP contribution in [-0.4, -0.2) is 25.6 Å². The summed E-state index contributed by atoms with van der Waals surface area (Å²) in [5, 5.41) is 3.18. The predicted molar refractivity (Wildman–Crippen MR) is 87.9 cm³/mol. The second-order valence-corrected chi connectivity index (χ2v) is 6.05. The van der Waals surface area contributed by atoms with E-state index in [0.29, 0.717) is 11.6 Å². The van der Waals surface area contributed by atoms with Gasteiger partial charge in [-0.2, -0.15) is 4.98 Å². The van der Waals surface area contributed by atoms with Gasteiger partial charge in [0.2, 0.25) is 5.95 Å². The van der Waals surface area contributed by atoms with E-state index in [1.165, 1.54) is 38.3 Å². The normalized spacial score (nSPS) is 16.9. The first-order valence-electron chi connectivity index (χ1n) is 8.05. The van der Waals surface area contributed by atoms with Gasteiger partial charge in [0.25, 0.3) is 0 Å². The molecule has 0 unspecified atom stereocenters. The van der Waals surface area contributed by atoms with Crippen LogP contribution in [0, 0.1) is 5.92 Å². The van der Waals surface area contributed by atoms with Gasteiger partial charge in [-0.25, -0.2) is 14.2 Å². The Morgan fingerprint density at radius 1 is 1.30 bits per heavy atom. The van der Waals surface area contributed by atoms with Crippen molar-refractivity contribution in [3.63, 3.8) is 0 Å². The number of pyridine rings is 1. The highest BCUT2D eigenvalue weighted by Gasteiger charge is 2.21. The molecular weight excluding hydrogens is 294 g/mol. The molecule has 1 fully saturated rings. The van der Waals surface area contributed by atoms with Crippen LogP contribution in [0.25, 0.3) is 5.69 Å². The second kappa shape index (κ2) is 6.76. The monoisotopic (exact) mass is 315 g/mol. The number of aromatic nitrogens is 4. The second-order valence-electron chi connectivity index (χ2n) is 6.05. The topological polar surface area (TPSA) is 92.7 Å². The van der Waals surface area contributed by atoms with Crippen molar-refractivity contribution < 1.29 is 0 Å². The third-order valence-electron chi connectivity index (χ3n) is 4.45. The van der Waals surface area contributed by atoms with Gasteiger partial charge in [0.1, 0.15) is 0 Å². The summed E-state index contributed by atoms with van der Waals surface area (Å²) in [5.74, 6) is 0.785. The first kappa shape index (κ1) is 15.5. The van der Waals surface area contributed by atoms with Gasteiger partial charge < -0.3 is 5.32 Å². The Morgan fingerprint density at radius 2 is 2.09 bits per heavy atom. The van der Waals surface area contributed by atoms with Gasteiger partial charge in [-0.1, -0.05) is 19.3 Å². The van der Waals surface area contributed by atoms with Gasteiger partial charge in [-0.3, -0.25) is 9.97 Å². The standard InChI is InChI=1S/C16H21N5O2/c1-11(12-6-3-2-4-7-12)18-14-19-15(22)21(16(23)20-14)13-8-5-9-17-10-13/h5,8-12H,2-4,6-7H2,1H3,(H2,18,19,20,22,23)/t11-/m0/s1. The van der Waals surface area contributed by atoms with Crippen molar-refractivity contribution in [3.05, 3.63) is 45.5 Å². The summed E-state index contributed by atoms with van der Waals surface area (Å²) in [7, 11) is 0. The van der Waals surface area contributed by atoms with Crippen LogP contribution in [0.1, 0.15) is 39.0 Å². The zero-order chi connectivity index (χ0) is 16.2. The number of nitrogens with zero attached hydrogens (tertiary/aromatic N) is 3. The molecular formula is C16H21N5O2. The quantitative estimate of drug-likeness (QED) is 0.896. The molecule has 0 spiro atoms. The zero-order valence-electron chi connectivity index (χ0n) is 13.2. The first-order valence-corrected chi connectivity index (χ1v) is 8.05. The Balaban J connectivity index is 1.82. The molecule has 0 saturated heterocycles. The molecule has 122 valence electrons. The van der Waals surface area contributed by atoms with Crippen molar-refractivity contribution in [1.29, 1.82) is 0 Å². The van der Waals surface area contributed by atoms with Crippen molar-refractivity contribution >= 4 is 5.95 Å². The lowest BCUT2D eigenvalue weighted by Gasteiger charge is -2.28. The van der Waals surface area contributed by atoms with Crippen molar-refractivity contribution in [2.45, 2.75) is 45.1 Å². The molecule has 7 nitrogen and oxygen atoms in total. The summed E-state index contributed by atoms with van der Waals surface area (Å²) >= 11 is 0. The Morgan fingerprint density at radius 3 is 2.74 bits per heavy atom. The van der Waals surface area contributed by atoms with Crippen molar-refractivity contribution in [2.75, 3.05) is 5.32 Å². The summed E-state index contributed by atoms with van der Waals surface area (Å²) < 4.78 is 0.976. The maximum absolute atomic E-state index is 12.2. The smallest absolute Gasteiger partial charge is 0.353 e. The highest BCUT2D eigenvalue weighted by molar-refractivity contribution is 5.29. The van der Waals surface area contributed by atoms with Crippen LogP contribution in [0.3, 0.4) is 0 Å². The minimum atomic E-state index is -0.611. The van der Waals surface area contributed by atoms with Gasteiger partial charge >= 0.3 is 11.4 Å². The molecule has 1 atom stereocenters. The van der Waals surface area contributed by atoms with E-state index in [4.69, 9.17) is 0 Å². The van der Waals surface area contributed by atoms with E-state index >= 15 is 0 Å². The fourth-order valence-corrected chi connectivity index (χ4v) is 3.17. The van der Waals surface area contributed by atoms with Crippen LogP contribution in [0.4, 0.5) is 5.95 Å². The summed E-state index contributed by atoms with van der Waals surface area (Å²) in [6, 6.07) is 3.48. The molecule has 0 aromatic carbocycles. The average molecular weight is 315 g/mol. The number of aromatic amines is 1. The largest absolute Gasteiger partial charge is 0.359 e. The van der Waals surface area contributed by atoms with Gasteiger partial charge in [0, 0.05) is 12.2 Å². The van der Waals surface area contributed by atoms with E-state index in [1.807, 2.05) is 0 Å². The Bertz CT molecular complexity index is 731. The number of hydrogen-bond donors (Lipinski definition) is 2. The van der Waals surface area contributed by atoms with Crippen LogP contribution in [-0.2, 0) is 0 Å². The molecule has 2 N–H and O–H groups in total. The van der Waals surface area contributed by atoms with E-state index in [0.717, 1.165) is 4.57 Å². The SMILES string of the molecule is C[C@H](Nc1nc(=O)n(-c2cccnc2)c(=O)[nH]1)C1CCCCC1. The maximum atomic E-state index is 12.2. The molecule has 2 aromatic rings. The Hall–Kier alpha value is -2.44. The predicted octanol–water partition coefficient (Wildman–Crippen LogP) is 1.70. The molecule has 7 heteroatoms. The van der Waals surface area contributed by atoms with Gasteiger partial charge in [0.05, 0.1) is 11.9 Å². The highest BCUT2D eigenvalue weighted by Crippen LogP contribution is 2.27. The lowest BCUT2D eigenvalue weighted by molar-refractivity contribution is 0.327. The van der Waals surface area contributed by atoms with E-state index in [-0.39, 0.29) is 12.0 Å². The summed E-state index contributed by atoms with van der Waals surface area (Å²) in [6.45, 7) is 2.07. The number of anilines is 1. The lowest BCUT2D eigenvalue weighted by Crippen LogP contribution is -2.38. The maximum Gasteiger partial charge on any atom is 0.359 e. The molecule has 1 aliphatic rings. The van der Waals surface area contributed by atoms with Crippen LogP contribution in [0.5, 0.6) is 0 Å². The molecule has 0 aliphatic heterocycles. The molecule has 0 bridgehead atoms. The molecule has 1 saturated carbocycles. The van der Waals surface area contributed by atoms with Gasteiger partial charge in [0.15, 0.2) is 0 Å². The molecule has 23 heavy (non-hydrogen) atoms. The van der Waals surface area contributed by atoms with Crippen LogP contribution < -0.4 is 16.7 Å². The third kappa shape index (κ3) is 3.49. The minimum Gasteiger partial charge on any atom is -0.353 e. The lowest BCUT2D eigenvalue weighted by atomic mass is 9.85. The van der Waals surface area contributed by atoms with Crippen LogP contribution >= 0.6 is 0 Å². The fourth-order valence-electron chi connectivity index (χ4n) is 3.17. The minimum absolute atomic E-state index is 0.173. The molecule has 2 heterocycles. The highest BCUT2D eigenvalue weighted by atomic mass is 16.2. The number of H-pyrrole nitrogens is 1. The Labute approximate surface area is 133 Å². The summed E-state index contributed by atoms with van der Waals surface area (Å²) in [6.07, 6.45) is 9.15. The van der Waals surface area contributed by atoms with Gasteiger partial charge in [-0.15, -0.1) is 0 Å². The first-order chi connectivity index (χ1) is 11.1. The van der Waals surface area contributed by atoms with Crippen LogP contribution in [0.2, 0.25) is 0 Å². The fraction of sp³-hybridized carbons (Fsp3) is 0.500. The number of nitrogens with one attached hydrogen (secondary N) is 2. The molecule has 1 aliphatic carbocycles. The average Bonchev–Trinajstić information content (AvgIpc) is 2.56. The van der Waals surface area contributed by atoms with Gasteiger partial charge in [-0.05, 0) is 37.8 Å². The summed E-state index contributed by atoms with van der Waals surface area (Å²) in [4.78, 5) is 34.9. The van der Waals surface area contributed by atoms with Crippen molar-refractivity contribution in [1.82, 2.24) is 19.5 Å². The number of hydrogen-bond acceptors (Lipinski definition) is 5. The molecule has 0 amide bonds. The Kier molecular flexibility index (Phi) is 4.55. The van der Waals surface area contributed by atoms with E-state index in [2.05, 4.69) is 27.2 Å². The van der Waals surface area contributed by atoms with Crippen molar-refractivity contribution in [3.8, 4) is 5.69 Å². The van der Waals surface area contributed by atoms with Crippen molar-refractivity contribution in [2.24, 2.45) is 5.92 Å². The number of rotatable bonds is 4. The van der Waals surface area contributed by atoms with Crippen LogP contribution in [0.15, 0.2) is 34.1 Å². The molecule has 0 radical (unpaired) electrons. The van der Waals surface area contributed by atoms with E-state index in [9.17, 15) is 9.59 Å². The summed E-state index contributed by atoms with van der Waals surface area (Å²) in [5.41, 5.74) is -0.727. The van der Waals surface area contributed by atoms with E-state index < -0.39 is 11.4 Å².